The van der Waals surface area contributed by atoms with Crippen LogP contribution in [0.25, 0.3) is 0 Å². The van der Waals surface area contributed by atoms with Crippen LogP contribution < -0.4 is 0 Å². The third-order valence-corrected chi connectivity index (χ3v) is 2.37. The Bertz CT molecular complexity index is 226. The molecule has 2 rings (SSSR count). The van der Waals surface area contributed by atoms with E-state index in [1.54, 1.807) is 0 Å². The van der Waals surface area contributed by atoms with Crippen molar-refractivity contribution in [1.82, 2.24) is 0 Å². The van der Waals surface area contributed by atoms with Crippen LogP contribution in [0.3, 0.4) is 0 Å². The van der Waals surface area contributed by atoms with Gasteiger partial charge in [0.25, 0.3) is 0 Å². The summed E-state index contributed by atoms with van der Waals surface area (Å²) in [6.45, 7) is 1.43. The molecule has 0 radical (unpaired) electrons. The lowest BCUT2D eigenvalue weighted by Gasteiger charge is -2.34. The zero-order chi connectivity index (χ0) is 10.3. The van der Waals surface area contributed by atoms with Crippen molar-refractivity contribution in [1.29, 1.82) is 0 Å². The third kappa shape index (κ3) is 1.50. The maximum absolute atomic E-state index is 10.7. The molecule has 5 atom stereocenters. The third-order valence-electron chi connectivity index (χ3n) is 2.37. The molecule has 14 heavy (non-hydrogen) atoms. The van der Waals surface area contributed by atoms with Gasteiger partial charge in [-0.1, -0.05) is 0 Å². The zero-order valence-electron chi connectivity index (χ0n) is 7.62. The van der Waals surface area contributed by atoms with E-state index in [-0.39, 0.29) is 6.61 Å². The molecule has 0 spiro atoms. The Morgan fingerprint density at radius 2 is 2.14 bits per heavy atom. The molecule has 0 aromatic rings. The van der Waals surface area contributed by atoms with Crippen LogP contribution in [0.2, 0.25) is 0 Å². The molecule has 2 bridgehead atoms. The molecular weight excluding hydrogens is 192 g/mol. The predicted molar refractivity (Wildman–Crippen MR) is 42.2 cm³/mol. The fourth-order valence-corrected chi connectivity index (χ4v) is 1.70. The van der Waals surface area contributed by atoms with Gasteiger partial charge in [-0.15, -0.1) is 0 Å². The minimum Gasteiger partial charge on any atom is -0.457 e. The molecule has 0 saturated carbocycles. The highest BCUT2D eigenvalue weighted by Crippen LogP contribution is 2.29. The van der Waals surface area contributed by atoms with Crippen molar-refractivity contribution in [2.24, 2.45) is 0 Å². The quantitative estimate of drug-likeness (QED) is 0.500. The van der Waals surface area contributed by atoms with Gasteiger partial charge >= 0.3 is 5.97 Å². The first kappa shape index (κ1) is 9.85. The summed E-state index contributed by atoms with van der Waals surface area (Å²) in [6.07, 6.45) is -4.44. The summed E-state index contributed by atoms with van der Waals surface area (Å²) in [5.41, 5.74) is 0. The largest absolute Gasteiger partial charge is 0.457 e. The Balaban J connectivity index is 2.10. The van der Waals surface area contributed by atoms with Gasteiger partial charge in [0.05, 0.1) is 6.61 Å². The standard InChI is InChI=1S/C8H12O6/c1-3(9)13-7-5(10)4-2-12-8(14-4)6(7)11/h4-8,10-11H,2H2,1H3/t4-,5-,6-,7+,8-/m1/s1. The summed E-state index contributed by atoms with van der Waals surface area (Å²) in [4.78, 5) is 10.7. The van der Waals surface area contributed by atoms with E-state index in [1.165, 1.54) is 6.92 Å². The highest BCUT2D eigenvalue weighted by Gasteiger charge is 2.51. The number of fused-ring (bicyclic) bond motifs is 2. The summed E-state index contributed by atoms with van der Waals surface area (Å²) in [7, 11) is 0. The van der Waals surface area contributed by atoms with Crippen molar-refractivity contribution in [3.05, 3.63) is 0 Å². The first-order chi connectivity index (χ1) is 6.59. The lowest BCUT2D eigenvalue weighted by atomic mass is 10.0. The molecule has 0 aromatic heterocycles. The van der Waals surface area contributed by atoms with Gasteiger partial charge in [0.2, 0.25) is 0 Å². The van der Waals surface area contributed by atoms with Gasteiger partial charge in [-0.25, -0.2) is 0 Å². The first-order valence-corrected chi connectivity index (χ1v) is 4.40. The molecule has 0 aliphatic carbocycles. The number of hydrogen-bond donors (Lipinski definition) is 2. The molecule has 80 valence electrons. The van der Waals surface area contributed by atoms with Gasteiger partial charge in [-0.3, -0.25) is 4.79 Å². The van der Waals surface area contributed by atoms with Crippen LogP contribution in [-0.4, -0.2) is 53.5 Å². The van der Waals surface area contributed by atoms with Gasteiger partial charge in [0.1, 0.15) is 18.3 Å². The van der Waals surface area contributed by atoms with E-state index >= 15 is 0 Å². The average molecular weight is 204 g/mol. The zero-order valence-corrected chi connectivity index (χ0v) is 7.62. The Morgan fingerprint density at radius 1 is 1.43 bits per heavy atom. The molecule has 2 aliphatic rings. The molecule has 2 heterocycles. The summed E-state index contributed by atoms with van der Waals surface area (Å²) in [6, 6.07) is 0. The van der Waals surface area contributed by atoms with E-state index in [4.69, 9.17) is 14.2 Å². The lowest BCUT2D eigenvalue weighted by Crippen LogP contribution is -2.55. The van der Waals surface area contributed by atoms with Crippen molar-refractivity contribution in [3.63, 3.8) is 0 Å². The summed E-state index contributed by atoms with van der Waals surface area (Å²) in [5, 5.41) is 19.2. The SMILES string of the molecule is CC(=O)O[C@@H]1[C@@H](O)[C@@H]2OC[C@@H](O2)[C@H]1O. The molecular formula is C8H12O6. The Hall–Kier alpha value is -0.690. The Kier molecular flexibility index (Phi) is 2.44. The predicted octanol–water partition coefficient (Wildman–Crippen LogP) is -1.60. The fourth-order valence-electron chi connectivity index (χ4n) is 1.70. The van der Waals surface area contributed by atoms with Crippen LogP contribution in [-0.2, 0) is 19.0 Å². The van der Waals surface area contributed by atoms with Crippen LogP contribution in [0, 0.1) is 0 Å². The minimum atomic E-state index is -1.13. The number of hydrogen-bond acceptors (Lipinski definition) is 6. The van der Waals surface area contributed by atoms with E-state index in [0.717, 1.165) is 0 Å². The number of esters is 1. The molecule has 6 nitrogen and oxygen atoms in total. The van der Waals surface area contributed by atoms with Crippen molar-refractivity contribution in [2.75, 3.05) is 6.61 Å². The second kappa shape index (κ2) is 3.47. The average Bonchev–Trinajstić information content (AvgIpc) is 2.55. The van der Waals surface area contributed by atoms with Crippen molar-refractivity contribution >= 4 is 5.97 Å². The van der Waals surface area contributed by atoms with Crippen LogP contribution in [0.15, 0.2) is 0 Å². The monoisotopic (exact) mass is 204 g/mol. The van der Waals surface area contributed by atoms with Crippen LogP contribution in [0.5, 0.6) is 0 Å². The first-order valence-electron chi connectivity index (χ1n) is 4.40. The number of aliphatic hydroxyl groups is 2. The normalized spacial score (nSPS) is 46.4. The fraction of sp³-hybridized carbons (Fsp3) is 0.875. The smallest absolute Gasteiger partial charge is 0.303 e. The Morgan fingerprint density at radius 3 is 2.79 bits per heavy atom. The number of carbonyl (C=O) groups is 1. The molecule has 2 aliphatic heterocycles. The molecule has 2 saturated heterocycles. The Labute approximate surface area is 80.4 Å². The van der Waals surface area contributed by atoms with Crippen LogP contribution in [0.1, 0.15) is 6.92 Å². The summed E-state index contributed by atoms with van der Waals surface area (Å²) >= 11 is 0. The summed E-state index contributed by atoms with van der Waals surface area (Å²) in [5.74, 6) is -0.547. The van der Waals surface area contributed by atoms with E-state index in [2.05, 4.69) is 0 Å². The van der Waals surface area contributed by atoms with Crippen molar-refractivity contribution in [2.45, 2.75) is 37.6 Å². The van der Waals surface area contributed by atoms with Crippen LogP contribution in [0.4, 0.5) is 0 Å². The van der Waals surface area contributed by atoms with Gasteiger partial charge in [-0.05, 0) is 0 Å². The van der Waals surface area contributed by atoms with Gasteiger partial charge in [0, 0.05) is 6.92 Å². The minimum absolute atomic E-state index is 0.209. The number of aliphatic hydroxyl groups excluding tert-OH is 2. The van der Waals surface area contributed by atoms with Crippen molar-refractivity contribution < 1.29 is 29.2 Å². The van der Waals surface area contributed by atoms with Gasteiger partial charge in [-0.2, -0.15) is 0 Å². The van der Waals surface area contributed by atoms with E-state index in [9.17, 15) is 15.0 Å². The molecule has 0 unspecified atom stereocenters. The maximum atomic E-state index is 10.7. The number of rotatable bonds is 1. The molecule has 6 heteroatoms. The van der Waals surface area contributed by atoms with E-state index < -0.39 is 36.7 Å². The molecule has 0 aromatic carbocycles. The number of ether oxygens (including phenoxy) is 3. The van der Waals surface area contributed by atoms with Crippen molar-refractivity contribution in [3.8, 4) is 0 Å². The highest BCUT2D eigenvalue weighted by molar-refractivity contribution is 5.66. The van der Waals surface area contributed by atoms with Gasteiger partial charge < -0.3 is 24.4 Å². The highest BCUT2D eigenvalue weighted by atomic mass is 16.7. The summed E-state index contributed by atoms with van der Waals surface area (Å²) < 4.78 is 15.0. The second-order valence-electron chi connectivity index (χ2n) is 3.43. The van der Waals surface area contributed by atoms with E-state index in [1.807, 2.05) is 0 Å². The second-order valence-corrected chi connectivity index (χ2v) is 3.43. The van der Waals surface area contributed by atoms with E-state index in [0.29, 0.717) is 0 Å². The number of carbonyl (C=O) groups excluding carboxylic acids is 1. The van der Waals surface area contributed by atoms with Gasteiger partial charge in [0.15, 0.2) is 12.4 Å². The van der Waals surface area contributed by atoms with Crippen LogP contribution >= 0.6 is 0 Å². The maximum Gasteiger partial charge on any atom is 0.303 e. The topological polar surface area (TPSA) is 85.2 Å². The molecule has 0 amide bonds. The molecule has 2 fully saturated rings. The molecule has 2 N–H and O–H groups in total. The lowest BCUT2D eigenvalue weighted by molar-refractivity contribution is -0.237.